The Hall–Kier alpha value is -3.59. The average molecular weight is 845 g/mol. The minimum atomic E-state index is -0.377. The van der Waals surface area contributed by atoms with Crippen molar-refractivity contribution in [3.8, 4) is 22.4 Å². The number of benzene rings is 4. The van der Waals surface area contributed by atoms with Crippen LogP contribution < -0.4 is 0 Å². The number of aliphatic hydroxyl groups is 1. The van der Waals surface area contributed by atoms with Crippen molar-refractivity contribution < 1.29 is 30.0 Å². The van der Waals surface area contributed by atoms with Crippen LogP contribution in [0.5, 0.6) is 0 Å². The first-order valence-electron chi connectivity index (χ1n) is 18.2. The van der Waals surface area contributed by atoms with E-state index in [2.05, 4.69) is 92.7 Å². The van der Waals surface area contributed by atoms with Gasteiger partial charge in [0.25, 0.3) is 0 Å². The molecule has 0 saturated heterocycles. The molecule has 1 aliphatic rings. The van der Waals surface area contributed by atoms with Crippen LogP contribution in [0.3, 0.4) is 0 Å². The molecular weight excluding hydrogens is 791 g/mol. The number of aromatic nitrogens is 1. The van der Waals surface area contributed by atoms with E-state index in [0.717, 1.165) is 29.7 Å². The van der Waals surface area contributed by atoms with Gasteiger partial charge in [-0.15, -0.1) is 34.9 Å². The maximum atomic E-state index is 11.8. The number of carbonyl (C=O) groups is 1. The molecule has 1 saturated carbocycles. The zero-order valence-corrected chi connectivity index (χ0v) is 33.6. The van der Waals surface area contributed by atoms with Crippen molar-refractivity contribution in [3.05, 3.63) is 114 Å². The molecule has 1 fully saturated rings. The molecule has 4 heteroatoms. The standard InChI is InChI=1S/C33H30N.C13H24O2.Ir/c1-22-17-23(2)19-28(18-22)33-32-27(15-16-34-33)21-30(25-11-7-4-8-12-25)31-20-26(13-14-29(31)32)24-9-5-3-6-10-24;1-7-12(3,4)10(14)9-11(15)13(5,6)8-2;/h4,7-8,11-18,20-21,24H,3,5-6,9-10H2,1-2H3;9,14H,7-8H2,1-6H3;/q-1;;/b;10-9-;. The predicted octanol–water partition coefficient (Wildman–Crippen LogP) is 13.1. The summed E-state index contributed by atoms with van der Waals surface area (Å²) in [6, 6.07) is 30.5. The maximum Gasteiger partial charge on any atom is 0.164 e. The average Bonchev–Trinajstić information content (AvgIpc) is 3.11. The number of carbonyl (C=O) groups excluding carboxylic acids is 1. The van der Waals surface area contributed by atoms with Crippen LogP contribution in [0.2, 0.25) is 0 Å². The van der Waals surface area contributed by atoms with Crippen molar-refractivity contribution in [2.24, 2.45) is 10.8 Å². The van der Waals surface area contributed by atoms with E-state index in [-0.39, 0.29) is 42.5 Å². The number of pyridine rings is 1. The Morgan fingerprint density at radius 2 is 1.54 bits per heavy atom. The van der Waals surface area contributed by atoms with Crippen LogP contribution in [-0.4, -0.2) is 15.9 Å². The van der Waals surface area contributed by atoms with Crippen molar-refractivity contribution >= 4 is 27.3 Å². The number of ketones is 1. The second-order valence-corrected chi connectivity index (χ2v) is 15.3. The number of nitrogens with zero attached hydrogens (tertiary/aromatic N) is 1. The number of aliphatic hydroxyl groups excluding tert-OH is 1. The third kappa shape index (κ3) is 8.82. The fourth-order valence-corrected chi connectivity index (χ4v) is 6.76. The van der Waals surface area contributed by atoms with Crippen LogP contribution in [0.4, 0.5) is 0 Å². The Morgan fingerprint density at radius 3 is 2.18 bits per heavy atom. The summed E-state index contributed by atoms with van der Waals surface area (Å²) in [5.74, 6) is 0.874. The summed E-state index contributed by atoms with van der Waals surface area (Å²) in [5, 5.41) is 14.9. The predicted molar refractivity (Wildman–Crippen MR) is 208 cm³/mol. The van der Waals surface area contributed by atoms with E-state index in [9.17, 15) is 9.90 Å². The van der Waals surface area contributed by atoms with Crippen LogP contribution in [0.25, 0.3) is 43.9 Å². The minimum Gasteiger partial charge on any atom is -0.512 e. The molecule has 0 atom stereocenters. The van der Waals surface area contributed by atoms with Gasteiger partial charge in [0, 0.05) is 43.2 Å². The topological polar surface area (TPSA) is 50.2 Å². The zero-order chi connectivity index (χ0) is 35.3. The van der Waals surface area contributed by atoms with Gasteiger partial charge in [-0.05, 0) is 87.7 Å². The van der Waals surface area contributed by atoms with Gasteiger partial charge in [-0.3, -0.25) is 4.79 Å². The molecule has 1 aliphatic carbocycles. The quantitative estimate of drug-likeness (QED) is 0.0733. The number of allylic oxidation sites excluding steroid dienone is 2. The van der Waals surface area contributed by atoms with Crippen LogP contribution in [-0.2, 0) is 24.9 Å². The summed E-state index contributed by atoms with van der Waals surface area (Å²) in [6.07, 6.45) is 11.6. The zero-order valence-electron chi connectivity index (χ0n) is 31.2. The Labute approximate surface area is 314 Å². The summed E-state index contributed by atoms with van der Waals surface area (Å²) >= 11 is 0. The number of hydrogen-bond donors (Lipinski definition) is 1. The van der Waals surface area contributed by atoms with E-state index in [1.54, 1.807) is 0 Å². The SMILES string of the molecule is CCC(C)(C)C(=O)/C=C(\O)C(C)(C)CC.Cc1[c-]c(-c2nccc3cc(-c4ccccc4)c4cc(C5CCCCC5)ccc4c23)cc(C)c1.[Ir]. The van der Waals surface area contributed by atoms with Crippen molar-refractivity contribution in [2.75, 3.05) is 0 Å². The Kier molecular flexibility index (Phi) is 13.0. The smallest absolute Gasteiger partial charge is 0.164 e. The third-order valence-electron chi connectivity index (χ3n) is 10.8. The molecule has 1 aromatic heterocycles. The summed E-state index contributed by atoms with van der Waals surface area (Å²) in [4.78, 5) is 16.7. The fraction of sp³-hybridized carbons (Fsp3) is 0.391. The van der Waals surface area contributed by atoms with Crippen molar-refractivity contribution in [1.82, 2.24) is 4.98 Å². The van der Waals surface area contributed by atoms with Crippen molar-refractivity contribution in [3.63, 3.8) is 0 Å². The van der Waals surface area contributed by atoms with Gasteiger partial charge in [0.15, 0.2) is 5.78 Å². The summed E-state index contributed by atoms with van der Waals surface area (Å²) in [7, 11) is 0. The Bertz CT molecular complexity index is 1950. The molecule has 5 aromatic rings. The monoisotopic (exact) mass is 845 g/mol. The second kappa shape index (κ2) is 16.6. The molecule has 0 bridgehead atoms. The number of aryl methyl sites for hydroxylation is 2. The largest absolute Gasteiger partial charge is 0.512 e. The van der Waals surface area contributed by atoms with E-state index in [4.69, 9.17) is 4.98 Å². The van der Waals surface area contributed by atoms with Gasteiger partial charge in [-0.2, -0.15) is 0 Å². The minimum absolute atomic E-state index is 0. The van der Waals surface area contributed by atoms with Gasteiger partial charge in [0.2, 0.25) is 0 Å². The first-order chi connectivity index (χ1) is 23.3. The van der Waals surface area contributed by atoms with Crippen LogP contribution in [0.1, 0.15) is 109 Å². The van der Waals surface area contributed by atoms with Gasteiger partial charge in [0.05, 0.1) is 0 Å². The van der Waals surface area contributed by atoms with Gasteiger partial charge < -0.3 is 10.1 Å². The van der Waals surface area contributed by atoms with E-state index in [1.807, 2.05) is 47.7 Å². The molecule has 1 N–H and O–H groups in total. The molecule has 265 valence electrons. The van der Waals surface area contributed by atoms with Crippen LogP contribution in [0, 0.1) is 30.7 Å². The molecule has 50 heavy (non-hydrogen) atoms. The number of fused-ring (bicyclic) bond motifs is 3. The first kappa shape index (κ1) is 39.2. The van der Waals surface area contributed by atoms with Gasteiger partial charge >= 0.3 is 0 Å². The van der Waals surface area contributed by atoms with Crippen molar-refractivity contribution in [1.29, 1.82) is 0 Å². The summed E-state index contributed by atoms with van der Waals surface area (Å²) in [6.45, 7) is 15.9. The molecular formula is C46H54IrNO2-. The number of rotatable bonds is 8. The van der Waals surface area contributed by atoms with E-state index in [1.165, 1.54) is 82.0 Å². The molecule has 6 rings (SSSR count). The van der Waals surface area contributed by atoms with Gasteiger partial charge in [-0.25, -0.2) is 0 Å². The van der Waals surface area contributed by atoms with Crippen LogP contribution in [0.15, 0.2) is 90.8 Å². The molecule has 1 radical (unpaired) electrons. The molecule has 4 aromatic carbocycles. The molecule has 1 heterocycles. The molecule has 0 amide bonds. The fourth-order valence-electron chi connectivity index (χ4n) is 6.76. The Morgan fingerprint density at radius 1 is 0.860 bits per heavy atom. The van der Waals surface area contributed by atoms with Crippen LogP contribution >= 0.6 is 0 Å². The third-order valence-corrected chi connectivity index (χ3v) is 10.8. The van der Waals surface area contributed by atoms with E-state index in [0.29, 0.717) is 5.92 Å². The molecule has 0 unspecified atom stereocenters. The summed E-state index contributed by atoms with van der Waals surface area (Å²) in [5.41, 5.74) is 7.89. The number of hydrogen-bond acceptors (Lipinski definition) is 3. The molecule has 3 nitrogen and oxygen atoms in total. The van der Waals surface area contributed by atoms with Gasteiger partial charge in [0.1, 0.15) is 5.76 Å². The Balaban J connectivity index is 0.000000301. The van der Waals surface area contributed by atoms with E-state index < -0.39 is 0 Å². The maximum absolute atomic E-state index is 11.8. The van der Waals surface area contributed by atoms with Gasteiger partial charge in [-0.1, -0.05) is 123 Å². The summed E-state index contributed by atoms with van der Waals surface area (Å²) < 4.78 is 0. The second-order valence-electron chi connectivity index (χ2n) is 15.3. The molecule has 0 aliphatic heterocycles. The van der Waals surface area contributed by atoms with Crippen molar-refractivity contribution in [2.45, 2.75) is 106 Å². The normalized spacial score (nSPS) is 14.2. The van der Waals surface area contributed by atoms with E-state index >= 15 is 0 Å². The molecule has 0 spiro atoms. The first-order valence-corrected chi connectivity index (χ1v) is 18.2.